The van der Waals surface area contributed by atoms with E-state index in [1.54, 1.807) is 21.0 Å². The van der Waals surface area contributed by atoms with Gasteiger partial charge in [0, 0.05) is 0 Å². The quantitative estimate of drug-likeness (QED) is 0.666. The molecule has 0 aromatic heterocycles. The molecule has 0 bridgehead atoms. The molecule has 0 rings (SSSR count). The predicted octanol–water partition coefficient (Wildman–Crippen LogP) is 3.04. The molecule has 0 amide bonds. The van der Waals surface area contributed by atoms with Gasteiger partial charge in [0.05, 0.1) is 6.04 Å². The zero-order valence-electron chi connectivity index (χ0n) is 8.44. The Morgan fingerprint density at radius 3 is 1.92 bits per heavy atom. The number of nitrogens with zero attached hydrogens (tertiary/aromatic N) is 1. The molecule has 13 heavy (non-hydrogen) atoms. The first-order valence-electron chi connectivity index (χ1n) is 4.28. The minimum atomic E-state index is -2.21. The lowest BCUT2D eigenvalue weighted by Crippen LogP contribution is -2.34. The summed E-state index contributed by atoms with van der Waals surface area (Å²) in [7, 11) is 3.19. The molecule has 0 saturated heterocycles. The molecule has 0 aromatic rings. The minimum absolute atomic E-state index is 0.114. The maximum atomic E-state index is 13.0. The highest BCUT2D eigenvalue weighted by Crippen LogP contribution is 2.24. The van der Waals surface area contributed by atoms with E-state index in [9.17, 15) is 13.2 Å². The average molecular weight is 195 g/mol. The monoisotopic (exact) mass is 195 g/mol. The summed E-state index contributed by atoms with van der Waals surface area (Å²) < 4.78 is 37.0. The van der Waals surface area contributed by atoms with Crippen molar-refractivity contribution in [3.05, 3.63) is 11.9 Å². The van der Waals surface area contributed by atoms with Crippen LogP contribution in [0.1, 0.15) is 20.3 Å². The van der Waals surface area contributed by atoms with E-state index in [1.807, 2.05) is 6.92 Å². The van der Waals surface area contributed by atoms with E-state index in [4.69, 9.17) is 0 Å². The Hall–Kier alpha value is -0.510. The first-order chi connectivity index (χ1) is 5.91. The van der Waals surface area contributed by atoms with E-state index in [2.05, 4.69) is 0 Å². The van der Waals surface area contributed by atoms with E-state index in [1.165, 1.54) is 4.90 Å². The second kappa shape index (κ2) is 5.27. The Balaban J connectivity index is 4.72. The van der Waals surface area contributed by atoms with Crippen LogP contribution in [0.25, 0.3) is 0 Å². The molecule has 2 atom stereocenters. The summed E-state index contributed by atoms with van der Waals surface area (Å²) in [5.74, 6) is -1.42. The highest BCUT2D eigenvalue weighted by atomic mass is 19.3. The zero-order valence-corrected chi connectivity index (χ0v) is 8.44. The van der Waals surface area contributed by atoms with Crippen molar-refractivity contribution in [2.75, 3.05) is 14.1 Å². The van der Waals surface area contributed by atoms with Gasteiger partial charge in [-0.25, -0.2) is 4.39 Å². The van der Waals surface area contributed by atoms with Crippen LogP contribution in [-0.2, 0) is 0 Å². The van der Waals surface area contributed by atoms with E-state index in [-0.39, 0.29) is 5.92 Å². The molecular formula is C9H16F3N. The third-order valence-corrected chi connectivity index (χ3v) is 2.18. The summed E-state index contributed by atoms with van der Waals surface area (Å²) in [4.78, 5) is 1.47. The second-order valence-corrected chi connectivity index (χ2v) is 3.40. The van der Waals surface area contributed by atoms with Crippen LogP contribution in [0.2, 0.25) is 0 Å². The number of likely N-dealkylation sites (N-methyl/N-ethyl adjacent to an activating group) is 1. The van der Waals surface area contributed by atoms with Gasteiger partial charge < -0.3 is 0 Å². The molecule has 0 fully saturated rings. The van der Waals surface area contributed by atoms with Crippen LogP contribution in [0.3, 0.4) is 0 Å². The van der Waals surface area contributed by atoms with Crippen molar-refractivity contribution in [1.82, 2.24) is 4.90 Å². The topological polar surface area (TPSA) is 3.24 Å². The SMILES string of the molecule is CCC(C)C(C(F)=C(F)F)N(C)C. The van der Waals surface area contributed by atoms with Gasteiger partial charge in [-0.2, -0.15) is 8.78 Å². The molecule has 0 aliphatic carbocycles. The van der Waals surface area contributed by atoms with Crippen molar-refractivity contribution in [1.29, 1.82) is 0 Å². The predicted molar refractivity (Wildman–Crippen MR) is 47.3 cm³/mol. The molecule has 0 heterocycles. The fourth-order valence-electron chi connectivity index (χ4n) is 1.32. The lowest BCUT2D eigenvalue weighted by atomic mass is 9.97. The summed E-state index contributed by atoms with van der Waals surface area (Å²) in [6.45, 7) is 3.61. The van der Waals surface area contributed by atoms with Gasteiger partial charge in [0.25, 0.3) is 0 Å². The fraction of sp³-hybridized carbons (Fsp3) is 0.778. The largest absolute Gasteiger partial charge is 0.303 e. The standard InChI is InChI=1S/C9H16F3N/c1-5-6(2)8(13(3)4)7(10)9(11)12/h6,8H,5H2,1-4H3. The maximum absolute atomic E-state index is 13.0. The van der Waals surface area contributed by atoms with Crippen LogP contribution in [0.15, 0.2) is 11.9 Å². The summed E-state index contributed by atoms with van der Waals surface area (Å²) in [5, 5.41) is 0. The molecule has 0 spiro atoms. The van der Waals surface area contributed by atoms with Gasteiger partial charge in [0.2, 0.25) is 0 Å². The van der Waals surface area contributed by atoms with Crippen molar-refractivity contribution in [2.45, 2.75) is 26.3 Å². The van der Waals surface area contributed by atoms with Gasteiger partial charge in [-0.1, -0.05) is 20.3 Å². The molecule has 0 saturated carbocycles. The molecular weight excluding hydrogens is 179 g/mol. The minimum Gasteiger partial charge on any atom is -0.300 e. The lowest BCUT2D eigenvalue weighted by Gasteiger charge is -2.27. The first kappa shape index (κ1) is 12.5. The number of hydrogen-bond donors (Lipinski definition) is 0. The first-order valence-corrected chi connectivity index (χ1v) is 4.28. The van der Waals surface area contributed by atoms with E-state index < -0.39 is 17.9 Å². The van der Waals surface area contributed by atoms with Crippen LogP contribution in [0.5, 0.6) is 0 Å². The molecule has 4 heteroatoms. The Morgan fingerprint density at radius 1 is 1.23 bits per heavy atom. The number of halogens is 3. The Kier molecular flexibility index (Phi) is 5.06. The fourth-order valence-corrected chi connectivity index (χ4v) is 1.32. The molecule has 0 radical (unpaired) electrons. The molecule has 78 valence electrons. The van der Waals surface area contributed by atoms with E-state index in [0.29, 0.717) is 6.42 Å². The average Bonchev–Trinajstić information content (AvgIpc) is 2.03. The van der Waals surface area contributed by atoms with Crippen LogP contribution < -0.4 is 0 Å². The van der Waals surface area contributed by atoms with Crippen molar-refractivity contribution in [2.24, 2.45) is 5.92 Å². The normalized spacial score (nSPS) is 15.7. The van der Waals surface area contributed by atoms with E-state index >= 15 is 0 Å². The van der Waals surface area contributed by atoms with Crippen LogP contribution in [-0.4, -0.2) is 25.0 Å². The van der Waals surface area contributed by atoms with Gasteiger partial charge in [0.15, 0.2) is 5.83 Å². The van der Waals surface area contributed by atoms with Gasteiger partial charge in [0.1, 0.15) is 0 Å². The molecule has 0 aliphatic rings. The molecule has 0 N–H and O–H groups in total. The Morgan fingerprint density at radius 2 is 1.69 bits per heavy atom. The van der Waals surface area contributed by atoms with Crippen molar-refractivity contribution >= 4 is 0 Å². The van der Waals surface area contributed by atoms with Crippen molar-refractivity contribution in [3.8, 4) is 0 Å². The van der Waals surface area contributed by atoms with Gasteiger partial charge >= 0.3 is 6.08 Å². The van der Waals surface area contributed by atoms with Crippen molar-refractivity contribution < 1.29 is 13.2 Å². The van der Waals surface area contributed by atoms with Crippen LogP contribution in [0.4, 0.5) is 13.2 Å². The van der Waals surface area contributed by atoms with Gasteiger partial charge in [-0.15, -0.1) is 0 Å². The lowest BCUT2D eigenvalue weighted by molar-refractivity contribution is 0.202. The highest BCUT2D eigenvalue weighted by Gasteiger charge is 2.26. The maximum Gasteiger partial charge on any atom is 0.303 e. The second-order valence-electron chi connectivity index (χ2n) is 3.40. The molecule has 0 aliphatic heterocycles. The van der Waals surface area contributed by atoms with Crippen LogP contribution >= 0.6 is 0 Å². The third-order valence-electron chi connectivity index (χ3n) is 2.18. The summed E-state index contributed by atoms with van der Waals surface area (Å²) >= 11 is 0. The van der Waals surface area contributed by atoms with Gasteiger partial charge in [-0.3, -0.25) is 4.90 Å². The highest BCUT2D eigenvalue weighted by molar-refractivity contribution is 5.04. The smallest absolute Gasteiger partial charge is 0.300 e. The van der Waals surface area contributed by atoms with Gasteiger partial charge in [-0.05, 0) is 20.0 Å². The summed E-state index contributed by atoms with van der Waals surface area (Å²) in [5.41, 5.74) is 0. The summed E-state index contributed by atoms with van der Waals surface area (Å²) in [6.07, 6.45) is -1.54. The third kappa shape index (κ3) is 3.38. The Bertz CT molecular complexity index is 185. The van der Waals surface area contributed by atoms with E-state index in [0.717, 1.165) is 0 Å². The molecule has 0 aromatic carbocycles. The zero-order chi connectivity index (χ0) is 10.6. The van der Waals surface area contributed by atoms with Crippen LogP contribution in [0, 0.1) is 5.92 Å². The Labute approximate surface area is 77.2 Å². The summed E-state index contributed by atoms with van der Waals surface area (Å²) in [6, 6.07) is -0.810. The molecule has 1 nitrogen and oxygen atoms in total. The number of rotatable bonds is 4. The molecule has 2 unspecified atom stereocenters. The van der Waals surface area contributed by atoms with Crippen molar-refractivity contribution in [3.63, 3.8) is 0 Å². The number of hydrogen-bond acceptors (Lipinski definition) is 1.